The first kappa shape index (κ1) is 15.8. The lowest BCUT2D eigenvalue weighted by Gasteiger charge is -2.46. The zero-order valence-electron chi connectivity index (χ0n) is 14.5. The van der Waals surface area contributed by atoms with Gasteiger partial charge in [-0.3, -0.25) is 0 Å². The Balaban J connectivity index is 1.91. The van der Waals surface area contributed by atoms with E-state index in [0.717, 1.165) is 44.6 Å². The molecule has 0 aromatic heterocycles. The second kappa shape index (κ2) is 6.21. The molecule has 0 saturated carbocycles. The van der Waals surface area contributed by atoms with E-state index in [4.69, 9.17) is 4.74 Å². The number of ether oxygens (including phenoxy) is 1. The molecule has 3 rings (SSSR count). The third-order valence-electron chi connectivity index (χ3n) is 5.33. The van der Waals surface area contributed by atoms with E-state index >= 15 is 0 Å². The Morgan fingerprint density at radius 2 is 2.05 bits per heavy atom. The van der Waals surface area contributed by atoms with Gasteiger partial charge >= 0.3 is 0 Å². The summed E-state index contributed by atoms with van der Waals surface area (Å²) in [5.41, 5.74) is 2.80. The van der Waals surface area contributed by atoms with Gasteiger partial charge in [-0.25, -0.2) is 0 Å². The molecule has 3 nitrogen and oxygen atoms in total. The Bertz CT molecular complexity index is 518. The standard InChI is InChI=1S/C19H30N2O/c1-5-20-17-13-19(8-10-21(4)11-9-19)22-18-7-6-15(14(2)3)12-16(17)18/h6-7,12,14,17,20H,5,8-11,13H2,1-4H3. The van der Waals surface area contributed by atoms with E-state index in [1.54, 1.807) is 0 Å². The Morgan fingerprint density at radius 3 is 2.68 bits per heavy atom. The average molecular weight is 302 g/mol. The highest BCUT2D eigenvalue weighted by molar-refractivity contribution is 5.43. The molecule has 1 N–H and O–H groups in total. The van der Waals surface area contributed by atoms with Crippen LogP contribution in [0.25, 0.3) is 0 Å². The highest BCUT2D eigenvalue weighted by Crippen LogP contribution is 2.44. The lowest BCUT2D eigenvalue weighted by Crippen LogP contribution is -2.51. The fraction of sp³-hybridized carbons (Fsp3) is 0.684. The normalized spacial score (nSPS) is 24.3. The van der Waals surface area contributed by atoms with Crippen LogP contribution in [0, 0.1) is 0 Å². The number of fused-ring (bicyclic) bond motifs is 1. The van der Waals surface area contributed by atoms with Gasteiger partial charge in [0.25, 0.3) is 0 Å². The van der Waals surface area contributed by atoms with Crippen molar-refractivity contribution in [2.45, 2.75) is 57.6 Å². The number of hydrogen-bond donors (Lipinski definition) is 1. The summed E-state index contributed by atoms with van der Waals surface area (Å²) in [5, 5.41) is 3.70. The maximum atomic E-state index is 6.55. The van der Waals surface area contributed by atoms with Gasteiger partial charge in [-0.15, -0.1) is 0 Å². The van der Waals surface area contributed by atoms with Crippen LogP contribution in [0.3, 0.4) is 0 Å². The van der Waals surface area contributed by atoms with Gasteiger partial charge in [-0.2, -0.15) is 0 Å². The molecule has 1 fully saturated rings. The number of rotatable bonds is 3. The van der Waals surface area contributed by atoms with Crippen LogP contribution < -0.4 is 10.1 Å². The van der Waals surface area contributed by atoms with Crippen LogP contribution in [0.15, 0.2) is 18.2 Å². The molecule has 1 spiro atoms. The lowest BCUT2D eigenvalue weighted by atomic mass is 9.80. The van der Waals surface area contributed by atoms with E-state index in [1.165, 1.54) is 11.1 Å². The molecule has 1 aromatic carbocycles. The number of nitrogens with zero attached hydrogens (tertiary/aromatic N) is 1. The third-order valence-corrected chi connectivity index (χ3v) is 5.33. The minimum atomic E-state index is 0.0334. The molecule has 2 aliphatic rings. The first-order valence-corrected chi connectivity index (χ1v) is 8.78. The Kier molecular flexibility index (Phi) is 4.47. The Hall–Kier alpha value is -1.06. The van der Waals surface area contributed by atoms with Crippen LogP contribution in [-0.2, 0) is 0 Å². The number of piperidine rings is 1. The lowest BCUT2D eigenvalue weighted by molar-refractivity contribution is -0.0201. The maximum absolute atomic E-state index is 6.55. The molecule has 2 aliphatic heterocycles. The third kappa shape index (κ3) is 3.02. The molecule has 0 bridgehead atoms. The van der Waals surface area contributed by atoms with Gasteiger partial charge in [-0.1, -0.05) is 32.9 Å². The first-order valence-electron chi connectivity index (χ1n) is 8.78. The fourth-order valence-electron chi connectivity index (χ4n) is 3.81. The van der Waals surface area contributed by atoms with Gasteiger partial charge in [0.2, 0.25) is 0 Å². The number of nitrogens with one attached hydrogen (secondary N) is 1. The topological polar surface area (TPSA) is 24.5 Å². The second-order valence-electron chi connectivity index (χ2n) is 7.35. The molecule has 2 heterocycles. The largest absolute Gasteiger partial charge is 0.487 e. The van der Waals surface area contributed by atoms with Crippen LogP contribution in [-0.4, -0.2) is 37.2 Å². The van der Waals surface area contributed by atoms with Crippen molar-refractivity contribution in [1.29, 1.82) is 0 Å². The Labute approximate surface area is 135 Å². The van der Waals surface area contributed by atoms with Gasteiger partial charge in [0.05, 0.1) is 0 Å². The van der Waals surface area contributed by atoms with E-state index in [1.807, 2.05) is 0 Å². The summed E-state index contributed by atoms with van der Waals surface area (Å²) in [6.45, 7) is 9.99. The molecule has 22 heavy (non-hydrogen) atoms. The molecule has 0 aliphatic carbocycles. The van der Waals surface area contributed by atoms with Gasteiger partial charge in [-0.05, 0) is 44.0 Å². The monoisotopic (exact) mass is 302 g/mol. The summed E-state index contributed by atoms with van der Waals surface area (Å²) in [6.07, 6.45) is 3.37. The quantitative estimate of drug-likeness (QED) is 0.921. The Morgan fingerprint density at radius 1 is 1.32 bits per heavy atom. The average Bonchev–Trinajstić information content (AvgIpc) is 2.50. The predicted molar refractivity (Wildman–Crippen MR) is 91.7 cm³/mol. The molecule has 1 unspecified atom stereocenters. The van der Waals surface area contributed by atoms with Gasteiger partial charge in [0, 0.05) is 31.1 Å². The van der Waals surface area contributed by atoms with Crippen LogP contribution in [0.2, 0.25) is 0 Å². The smallest absolute Gasteiger partial charge is 0.124 e. The van der Waals surface area contributed by atoms with Gasteiger partial charge < -0.3 is 15.0 Å². The van der Waals surface area contributed by atoms with Crippen molar-refractivity contribution in [3.63, 3.8) is 0 Å². The molecule has 1 saturated heterocycles. The van der Waals surface area contributed by atoms with E-state index in [-0.39, 0.29) is 5.60 Å². The summed E-state index contributed by atoms with van der Waals surface area (Å²) in [5.74, 6) is 1.66. The van der Waals surface area contributed by atoms with Crippen LogP contribution >= 0.6 is 0 Å². The summed E-state index contributed by atoms with van der Waals surface area (Å²) in [4.78, 5) is 2.41. The summed E-state index contributed by atoms with van der Waals surface area (Å²) < 4.78 is 6.55. The van der Waals surface area contributed by atoms with Crippen molar-refractivity contribution < 1.29 is 4.74 Å². The minimum absolute atomic E-state index is 0.0334. The number of likely N-dealkylation sites (tertiary alicyclic amines) is 1. The second-order valence-corrected chi connectivity index (χ2v) is 7.35. The predicted octanol–water partition coefficient (Wildman–Crippen LogP) is 3.71. The van der Waals surface area contributed by atoms with Gasteiger partial charge in [0.15, 0.2) is 0 Å². The SMILES string of the molecule is CCNC1CC2(CCN(C)CC2)Oc2ccc(C(C)C)cc21. The van der Waals surface area contributed by atoms with Crippen LogP contribution in [0.1, 0.15) is 63.1 Å². The van der Waals surface area contributed by atoms with E-state index in [2.05, 4.69) is 56.2 Å². The molecule has 0 amide bonds. The highest BCUT2D eigenvalue weighted by atomic mass is 16.5. The maximum Gasteiger partial charge on any atom is 0.124 e. The first-order chi connectivity index (χ1) is 10.5. The van der Waals surface area contributed by atoms with Crippen LogP contribution in [0.4, 0.5) is 0 Å². The summed E-state index contributed by atoms with van der Waals surface area (Å²) >= 11 is 0. The van der Waals surface area contributed by atoms with Crippen molar-refractivity contribution in [2.24, 2.45) is 0 Å². The van der Waals surface area contributed by atoms with E-state index < -0.39 is 0 Å². The highest BCUT2D eigenvalue weighted by Gasteiger charge is 2.42. The van der Waals surface area contributed by atoms with E-state index in [9.17, 15) is 0 Å². The molecular formula is C19H30N2O. The fourth-order valence-corrected chi connectivity index (χ4v) is 3.81. The molecule has 3 heteroatoms. The van der Waals surface area contributed by atoms with Crippen molar-refractivity contribution >= 4 is 0 Å². The van der Waals surface area contributed by atoms with E-state index in [0.29, 0.717) is 12.0 Å². The molecule has 1 atom stereocenters. The van der Waals surface area contributed by atoms with Crippen molar-refractivity contribution in [3.8, 4) is 5.75 Å². The summed E-state index contributed by atoms with van der Waals surface area (Å²) in [7, 11) is 2.21. The molecule has 1 aromatic rings. The molecular weight excluding hydrogens is 272 g/mol. The van der Waals surface area contributed by atoms with Crippen molar-refractivity contribution in [2.75, 3.05) is 26.7 Å². The molecule has 0 radical (unpaired) electrons. The zero-order chi connectivity index (χ0) is 15.7. The minimum Gasteiger partial charge on any atom is -0.487 e. The van der Waals surface area contributed by atoms with Crippen LogP contribution in [0.5, 0.6) is 5.75 Å². The number of benzene rings is 1. The molecule has 122 valence electrons. The van der Waals surface area contributed by atoms with Crippen molar-refractivity contribution in [3.05, 3.63) is 29.3 Å². The van der Waals surface area contributed by atoms with Gasteiger partial charge in [0.1, 0.15) is 11.4 Å². The van der Waals surface area contributed by atoms with Crippen molar-refractivity contribution in [1.82, 2.24) is 10.2 Å². The summed E-state index contributed by atoms with van der Waals surface area (Å²) in [6, 6.07) is 7.22. The zero-order valence-corrected chi connectivity index (χ0v) is 14.5. The number of hydrogen-bond acceptors (Lipinski definition) is 3.